The maximum atomic E-state index is 12.3. The summed E-state index contributed by atoms with van der Waals surface area (Å²) in [7, 11) is 0. The number of hydrogen-bond acceptors (Lipinski definition) is 4. The second-order valence-corrected chi connectivity index (χ2v) is 7.39. The number of carbonyl (C=O) groups excluding carboxylic acids is 1. The summed E-state index contributed by atoms with van der Waals surface area (Å²) in [6.45, 7) is 2.78. The first-order valence-corrected chi connectivity index (χ1v) is 8.77. The summed E-state index contributed by atoms with van der Waals surface area (Å²) in [5.41, 5.74) is 5.77. The highest BCUT2D eigenvalue weighted by Gasteiger charge is 2.40. The minimum absolute atomic E-state index is 0.0327. The van der Waals surface area contributed by atoms with Crippen LogP contribution >= 0.6 is 11.8 Å². The largest absolute Gasteiger partial charge is 0.375 e. The van der Waals surface area contributed by atoms with E-state index in [4.69, 9.17) is 10.5 Å². The van der Waals surface area contributed by atoms with Crippen LogP contribution in [0.3, 0.4) is 0 Å². The number of thioether (sulfide) groups is 1. The predicted octanol–water partition coefficient (Wildman–Crippen LogP) is 2.77. The van der Waals surface area contributed by atoms with Crippen LogP contribution in [0.2, 0.25) is 0 Å². The van der Waals surface area contributed by atoms with Gasteiger partial charge in [-0.25, -0.2) is 0 Å². The van der Waals surface area contributed by atoms with E-state index in [0.29, 0.717) is 12.2 Å². The van der Waals surface area contributed by atoms with E-state index >= 15 is 0 Å². The van der Waals surface area contributed by atoms with Crippen molar-refractivity contribution < 1.29 is 9.53 Å². The molecule has 0 aromatic heterocycles. The molecule has 2 rings (SSSR count). The summed E-state index contributed by atoms with van der Waals surface area (Å²) >= 11 is 2.01. The van der Waals surface area contributed by atoms with Crippen LogP contribution in [0.5, 0.6) is 0 Å². The van der Waals surface area contributed by atoms with Gasteiger partial charge in [0.25, 0.3) is 0 Å². The highest BCUT2D eigenvalue weighted by molar-refractivity contribution is 7.99. The van der Waals surface area contributed by atoms with Crippen molar-refractivity contribution >= 4 is 17.5 Å². The lowest BCUT2D eigenvalue weighted by Crippen LogP contribution is -2.44. The molecule has 2 aliphatic heterocycles. The van der Waals surface area contributed by atoms with Crippen LogP contribution in [0.15, 0.2) is 0 Å². The van der Waals surface area contributed by atoms with Gasteiger partial charge in [-0.15, -0.1) is 0 Å². The Labute approximate surface area is 121 Å². The molecule has 2 fully saturated rings. The van der Waals surface area contributed by atoms with Crippen molar-refractivity contribution in [3.63, 3.8) is 0 Å². The third-order valence-corrected chi connectivity index (χ3v) is 5.42. The fourth-order valence-electron chi connectivity index (χ4n) is 3.20. The summed E-state index contributed by atoms with van der Waals surface area (Å²) in [4.78, 5) is 12.3. The fourth-order valence-corrected chi connectivity index (χ4v) is 4.43. The van der Waals surface area contributed by atoms with Crippen molar-refractivity contribution in [3.8, 4) is 0 Å². The van der Waals surface area contributed by atoms with E-state index in [-0.39, 0.29) is 17.6 Å². The molecule has 0 saturated carbocycles. The van der Waals surface area contributed by atoms with E-state index < -0.39 is 0 Å². The number of nitrogens with two attached hydrogens (primary N) is 1. The molecule has 3 nitrogen and oxygen atoms in total. The maximum Gasteiger partial charge on any atom is 0.136 e. The molecule has 0 aliphatic carbocycles. The maximum absolute atomic E-state index is 12.3. The number of rotatable bonds is 5. The van der Waals surface area contributed by atoms with Crippen molar-refractivity contribution in [3.05, 3.63) is 0 Å². The van der Waals surface area contributed by atoms with Gasteiger partial charge in [-0.1, -0.05) is 0 Å². The third-order valence-electron chi connectivity index (χ3n) is 4.43. The van der Waals surface area contributed by atoms with Crippen LogP contribution in [0, 0.1) is 5.92 Å². The monoisotopic (exact) mass is 285 g/mol. The highest BCUT2D eigenvalue weighted by atomic mass is 32.2. The first-order chi connectivity index (χ1) is 9.11. The standard InChI is InChI=1S/C15H27NO2S/c1-12(16)3-2-4-14(17)13-5-8-18-15(11-13)6-9-19-10-7-15/h12-13H,2-11,16H2,1H3. The molecule has 0 aromatic rings. The molecule has 0 bridgehead atoms. The number of carbonyl (C=O) groups is 1. The molecule has 0 aromatic carbocycles. The number of hydrogen-bond donors (Lipinski definition) is 1. The molecular formula is C15H27NO2S. The number of Topliss-reactive ketones (excluding diaryl/α,β-unsaturated/α-hetero) is 1. The minimum atomic E-state index is 0.0327. The van der Waals surface area contributed by atoms with Crippen LogP contribution in [-0.2, 0) is 9.53 Å². The Bertz CT molecular complexity index is 295. The predicted molar refractivity (Wildman–Crippen MR) is 80.5 cm³/mol. The molecule has 2 aliphatic rings. The van der Waals surface area contributed by atoms with E-state index in [0.717, 1.165) is 45.1 Å². The molecule has 110 valence electrons. The van der Waals surface area contributed by atoms with E-state index in [1.807, 2.05) is 18.7 Å². The Balaban J connectivity index is 1.81. The van der Waals surface area contributed by atoms with Crippen molar-refractivity contribution in [2.24, 2.45) is 11.7 Å². The Morgan fingerprint density at radius 3 is 2.89 bits per heavy atom. The first-order valence-electron chi connectivity index (χ1n) is 7.61. The van der Waals surface area contributed by atoms with Gasteiger partial charge >= 0.3 is 0 Å². The lowest BCUT2D eigenvalue weighted by molar-refractivity contribution is -0.138. The topological polar surface area (TPSA) is 52.3 Å². The normalized spacial score (nSPS) is 28.2. The van der Waals surface area contributed by atoms with Gasteiger partial charge in [0, 0.05) is 25.0 Å². The summed E-state index contributed by atoms with van der Waals surface area (Å²) < 4.78 is 6.04. The first kappa shape index (κ1) is 15.3. The van der Waals surface area contributed by atoms with Gasteiger partial charge in [-0.3, -0.25) is 4.79 Å². The van der Waals surface area contributed by atoms with Crippen molar-refractivity contribution in [1.29, 1.82) is 0 Å². The van der Waals surface area contributed by atoms with Gasteiger partial charge in [0.2, 0.25) is 0 Å². The van der Waals surface area contributed by atoms with Gasteiger partial charge in [-0.05, 0) is 57.0 Å². The molecule has 2 atom stereocenters. The molecular weight excluding hydrogens is 258 g/mol. The van der Waals surface area contributed by atoms with E-state index in [9.17, 15) is 4.79 Å². The number of ketones is 1. The van der Waals surface area contributed by atoms with Gasteiger partial charge in [0.05, 0.1) is 5.60 Å². The van der Waals surface area contributed by atoms with E-state index in [1.165, 1.54) is 11.5 Å². The molecule has 0 amide bonds. The Kier molecular flexibility index (Phi) is 5.72. The van der Waals surface area contributed by atoms with Gasteiger partial charge in [0.15, 0.2) is 0 Å². The zero-order valence-corrected chi connectivity index (χ0v) is 12.8. The lowest BCUT2D eigenvalue weighted by Gasteiger charge is -2.43. The third kappa shape index (κ3) is 4.47. The van der Waals surface area contributed by atoms with Crippen LogP contribution < -0.4 is 5.73 Å². The Hall–Kier alpha value is -0.0600. The molecule has 4 heteroatoms. The second-order valence-electron chi connectivity index (χ2n) is 6.17. The average molecular weight is 285 g/mol. The number of ether oxygens (including phenoxy) is 1. The molecule has 2 heterocycles. The minimum Gasteiger partial charge on any atom is -0.375 e. The van der Waals surface area contributed by atoms with Crippen LogP contribution in [-0.4, -0.2) is 35.5 Å². The molecule has 2 unspecified atom stereocenters. The summed E-state index contributed by atoms with van der Waals surface area (Å²) in [6, 6.07) is 0.212. The van der Waals surface area contributed by atoms with Crippen molar-refractivity contribution in [2.45, 2.75) is 63.5 Å². The zero-order chi connectivity index (χ0) is 13.7. The van der Waals surface area contributed by atoms with Gasteiger partial charge < -0.3 is 10.5 Å². The SMILES string of the molecule is CC(N)CCCC(=O)C1CCOC2(CCSCC2)C1. The summed E-state index contributed by atoms with van der Waals surface area (Å²) in [5.74, 6) is 3.06. The Morgan fingerprint density at radius 2 is 2.21 bits per heavy atom. The summed E-state index contributed by atoms with van der Waals surface area (Å²) in [5, 5.41) is 0. The summed E-state index contributed by atoms with van der Waals surface area (Å²) in [6.07, 6.45) is 6.74. The fraction of sp³-hybridized carbons (Fsp3) is 0.933. The smallest absolute Gasteiger partial charge is 0.136 e. The van der Waals surface area contributed by atoms with E-state index in [1.54, 1.807) is 0 Å². The zero-order valence-electron chi connectivity index (χ0n) is 12.0. The lowest BCUT2D eigenvalue weighted by atomic mass is 9.79. The van der Waals surface area contributed by atoms with Crippen LogP contribution in [0.4, 0.5) is 0 Å². The van der Waals surface area contributed by atoms with E-state index in [2.05, 4.69) is 0 Å². The molecule has 1 spiro atoms. The molecule has 2 N–H and O–H groups in total. The highest BCUT2D eigenvalue weighted by Crippen LogP contribution is 2.40. The average Bonchev–Trinajstić information content (AvgIpc) is 2.39. The van der Waals surface area contributed by atoms with Crippen LogP contribution in [0.25, 0.3) is 0 Å². The molecule has 0 radical (unpaired) electrons. The second kappa shape index (κ2) is 7.09. The Morgan fingerprint density at radius 1 is 1.47 bits per heavy atom. The van der Waals surface area contributed by atoms with Crippen LogP contribution in [0.1, 0.15) is 51.9 Å². The molecule has 19 heavy (non-hydrogen) atoms. The van der Waals surface area contributed by atoms with Gasteiger partial charge in [-0.2, -0.15) is 11.8 Å². The molecule has 2 saturated heterocycles. The van der Waals surface area contributed by atoms with Crippen molar-refractivity contribution in [1.82, 2.24) is 0 Å². The van der Waals surface area contributed by atoms with Crippen molar-refractivity contribution in [2.75, 3.05) is 18.1 Å². The van der Waals surface area contributed by atoms with Gasteiger partial charge in [0.1, 0.15) is 5.78 Å². The quantitative estimate of drug-likeness (QED) is 0.844.